The Bertz CT molecular complexity index is 2850. The van der Waals surface area contributed by atoms with Crippen molar-refractivity contribution >= 4 is 26.7 Å². The number of pyridine rings is 3. The first-order valence-electron chi connectivity index (χ1n) is 22.7. The van der Waals surface area contributed by atoms with Crippen LogP contribution in [-0.4, -0.2) is 60.7 Å². The van der Waals surface area contributed by atoms with Crippen molar-refractivity contribution in [2.24, 2.45) is 0 Å². The molecule has 3 N–H and O–H groups in total. The molecule has 0 fully saturated rings. The van der Waals surface area contributed by atoms with E-state index >= 15 is 0 Å². The molecular weight excluding hydrogens is 863 g/mol. The van der Waals surface area contributed by atoms with Crippen LogP contribution < -0.4 is 24.2 Å². The summed E-state index contributed by atoms with van der Waals surface area (Å²) in [4.78, 5) is 27.1. The number of phenols is 1. The van der Waals surface area contributed by atoms with Crippen molar-refractivity contribution in [1.82, 2.24) is 25.0 Å². The average Bonchev–Trinajstić information content (AvgIpc) is 3.35. The van der Waals surface area contributed by atoms with Gasteiger partial charge in [0.2, 0.25) is 10.0 Å². The van der Waals surface area contributed by atoms with Crippen molar-refractivity contribution in [3.63, 3.8) is 0 Å². The molecular formula is C54H59N5O7S. The van der Waals surface area contributed by atoms with Gasteiger partial charge in [0.25, 0.3) is 5.91 Å². The van der Waals surface area contributed by atoms with Crippen LogP contribution in [0.4, 0.5) is 0 Å². The maximum Gasteiger partial charge on any atom is 0.255 e. The van der Waals surface area contributed by atoms with Crippen molar-refractivity contribution in [3.8, 4) is 51.5 Å². The molecule has 4 aromatic carbocycles. The molecule has 0 saturated heterocycles. The third-order valence-corrected chi connectivity index (χ3v) is 13.8. The molecule has 348 valence electrons. The maximum absolute atomic E-state index is 13.5. The summed E-state index contributed by atoms with van der Waals surface area (Å²) < 4.78 is 47.9. The van der Waals surface area contributed by atoms with Gasteiger partial charge < -0.3 is 24.6 Å². The van der Waals surface area contributed by atoms with E-state index in [0.717, 1.165) is 25.0 Å². The number of hydrogen-bond donors (Lipinski definition) is 3. The highest BCUT2D eigenvalue weighted by Gasteiger charge is 2.27. The van der Waals surface area contributed by atoms with E-state index in [9.17, 15) is 18.3 Å². The van der Waals surface area contributed by atoms with Crippen LogP contribution in [0.3, 0.4) is 0 Å². The van der Waals surface area contributed by atoms with Crippen LogP contribution in [-0.2, 0) is 20.9 Å². The number of aromatic nitrogens is 3. The zero-order valence-electron chi connectivity index (χ0n) is 39.0. The summed E-state index contributed by atoms with van der Waals surface area (Å²) in [7, 11) is -3.92. The predicted octanol–water partition coefficient (Wildman–Crippen LogP) is 11.2. The molecule has 67 heavy (non-hydrogen) atoms. The summed E-state index contributed by atoms with van der Waals surface area (Å²) in [6.45, 7) is 14.3. The fraction of sp³-hybridized carbons (Fsp3) is 0.296. The van der Waals surface area contributed by atoms with Crippen molar-refractivity contribution in [2.75, 3.05) is 26.3 Å². The van der Waals surface area contributed by atoms with Gasteiger partial charge in [-0.25, -0.2) is 18.1 Å². The number of ether oxygens (including phenoxy) is 3. The lowest BCUT2D eigenvalue weighted by Crippen LogP contribution is -2.28. The number of sulfonamides is 1. The third kappa shape index (κ3) is 11.8. The Hall–Kier alpha value is -6.83. The van der Waals surface area contributed by atoms with Gasteiger partial charge >= 0.3 is 0 Å². The molecule has 0 spiro atoms. The monoisotopic (exact) mass is 921 g/mol. The van der Waals surface area contributed by atoms with E-state index in [-0.39, 0.29) is 40.2 Å². The number of carbonyl (C=O) groups excluding carboxylic acids is 1. The van der Waals surface area contributed by atoms with E-state index in [1.54, 1.807) is 42.7 Å². The minimum Gasteiger partial charge on any atom is -0.506 e. The number of nitrogens with one attached hydrogen (secondary N) is 2. The summed E-state index contributed by atoms with van der Waals surface area (Å²) in [5.74, 6) is 1.43. The van der Waals surface area contributed by atoms with Gasteiger partial charge in [0.05, 0.1) is 39.8 Å². The number of aromatic hydroxyl groups is 1. The maximum atomic E-state index is 13.5. The Morgan fingerprint density at radius 3 is 1.91 bits per heavy atom. The topological polar surface area (TPSA) is 162 Å². The summed E-state index contributed by atoms with van der Waals surface area (Å²) in [5.41, 5.74) is 5.09. The number of unbranched alkanes of at least 4 members (excludes halogenated alkanes) is 1. The largest absolute Gasteiger partial charge is 0.506 e. The SMILES string of the molecule is CCC(C)(C)c1ccc(OCCCCNC(=O)c2cc(Oc3ccc(S(=O)(=O)NCCOc4cc(-c5ccccn5)nc(-c5ccccn5)c4)cc3)c3ccccc3c2O)c(C(C)(C)CC)c1. The van der Waals surface area contributed by atoms with Crippen LogP contribution in [0.1, 0.15) is 88.7 Å². The second-order valence-electron chi connectivity index (χ2n) is 17.6. The average molecular weight is 922 g/mol. The summed E-state index contributed by atoms with van der Waals surface area (Å²) >= 11 is 0. The minimum absolute atomic E-state index is 0.0104. The molecule has 0 atom stereocenters. The number of phenolic OH excluding ortho intramolecular Hbond substituents is 1. The number of hydrogen-bond acceptors (Lipinski definition) is 10. The first kappa shape index (κ1) is 48.1. The zero-order valence-corrected chi connectivity index (χ0v) is 39.8. The second kappa shape index (κ2) is 21.2. The number of amides is 1. The van der Waals surface area contributed by atoms with Gasteiger partial charge in [-0.15, -0.1) is 0 Å². The molecule has 0 aliphatic carbocycles. The van der Waals surface area contributed by atoms with Crippen molar-refractivity contribution in [1.29, 1.82) is 0 Å². The minimum atomic E-state index is -3.92. The molecule has 7 aromatic rings. The summed E-state index contributed by atoms with van der Waals surface area (Å²) in [6, 6.07) is 35.7. The standard InChI is InChI=1S/C54H59N5O7S/c1-7-53(3,4)37-21-26-49(44(33-37)54(5,6)8-2)65-31-16-15-29-57-52(61)43-36-50(41-17-9-10-18-42(41)51(43)60)66-38-22-24-40(25-23-38)67(62,63)58-30-32-64-39-34-47(45-19-11-13-27-55-45)59-48(35-39)46-20-12-14-28-56-46/h9-14,17-28,33-36,58,60H,7-8,15-16,29-32H2,1-6H3,(H,57,61). The van der Waals surface area contributed by atoms with E-state index in [0.29, 0.717) is 70.4 Å². The highest BCUT2D eigenvalue weighted by molar-refractivity contribution is 7.89. The van der Waals surface area contributed by atoms with E-state index < -0.39 is 15.9 Å². The summed E-state index contributed by atoms with van der Waals surface area (Å²) in [5, 5.41) is 15.2. The Morgan fingerprint density at radius 2 is 1.28 bits per heavy atom. The van der Waals surface area contributed by atoms with Gasteiger partial charge in [-0.3, -0.25) is 14.8 Å². The first-order valence-corrected chi connectivity index (χ1v) is 24.2. The second-order valence-corrected chi connectivity index (χ2v) is 19.4. The van der Waals surface area contributed by atoms with Gasteiger partial charge in [0.15, 0.2) is 0 Å². The van der Waals surface area contributed by atoms with Gasteiger partial charge in [0, 0.05) is 54.0 Å². The molecule has 0 saturated carbocycles. The van der Waals surface area contributed by atoms with Crippen LogP contribution in [0.5, 0.6) is 28.7 Å². The van der Waals surface area contributed by atoms with Crippen molar-refractivity contribution < 1.29 is 32.5 Å². The van der Waals surface area contributed by atoms with Crippen LogP contribution in [0.2, 0.25) is 0 Å². The van der Waals surface area contributed by atoms with Crippen LogP contribution in [0.25, 0.3) is 33.5 Å². The lowest BCUT2D eigenvalue weighted by atomic mass is 9.76. The van der Waals surface area contributed by atoms with Gasteiger partial charge in [0.1, 0.15) is 35.4 Å². The molecule has 0 radical (unpaired) electrons. The highest BCUT2D eigenvalue weighted by atomic mass is 32.2. The molecule has 0 aliphatic rings. The molecule has 7 rings (SSSR count). The Kier molecular flexibility index (Phi) is 15.2. The number of benzene rings is 4. The Labute approximate surface area is 393 Å². The molecule has 3 aromatic heterocycles. The van der Waals surface area contributed by atoms with Crippen LogP contribution >= 0.6 is 0 Å². The van der Waals surface area contributed by atoms with Crippen molar-refractivity contribution in [2.45, 2.75) is 83.0 Å². The molecule has 3 heterocycles. The fourth-order valence-electron chi connectivity index (χ4n) is 7.41. The van der Waals surface area contributed by atoms with Gasteiger partial charge in [-0.05, 0) is 103 Å². The van der Waals surface area contributed by atoms with Crippen LogP contribution in [0.15, 0.2) is 139 Å². The van der Waals surface area contributed by atoms with Gasteiger partial charge in [-0.1, -0.05) is 90.1 Å². The first-order chi connectivity index (χ1) is 32.2. The Balaban J connectivity index is 0.949. The van der Waals surface area contributed by atoms with Gasteiger partial charge in [-0.2, -0.15) is 0 Å². The van der Waals surface area contributed by atoms with E-state index in [1.165, 1.54) is 41.5 Å². The zero-order chi connectivity index (χ0) is 47.6. The Morgan fingerprint density at radius 1 is 0.642 bits per heavy atom. The fourth-order valence-corrected chi connectivity index (χ4v) is 8.43. The summed E-state index contributed by atoms with van der Waals surface area (Å²) in [6.07, 6.45) is 6.77. The third-order valence-electron chi connectivity index (χ3n) is 12.3. The lowest BCUT2D eigenvalue weighted by Gasteiger charge is -2.30. The molecule has 12 nitrogen and oxygen atoms in total. The molecule has 0 aliphatic heterocycles. The highest BCUT2D eigenvalue weighted by Crippen LogP contribution is 2.40. The predicted molar refractivity (Wildman–Crippen MR) is 264 cm³/mol. The van der Waals surface area contributed by atoms with Crippen LogP contribution in [0, 0.1) is 0 Å². The number of rotatable bonds is 21. The van der Waals surface area contributed by atoms with E-state index in [4.69, 9.17) is 19.2 Å². The lowest BCUT2D eigenvalue weighted by molar-refractivity contribution is 0.0949. The molecule has 0 unspecified atom stereocenters. The molecule has 13 heteroatoms. The smallest absolute Gasteiger partial charge is 0.255 e. The quantitative estimate of drug-likeness (QED) is 0.0592. The van der Waals surface area contributed by atoms with Crippen molar-refractivity contribution in [3.05, 3.63) is 150 Å². The molecule has 1 amide bonds. The van der Waals surface area contributed by atoms with E-state index in [2.05, 4.69) is 79.7 Å². The number of carbonyl (C=O) groups is 1. The number of nitrogens with zero attached hydrogens (tertiary/aromatic N) is 3. The van der Waals surface area contributed by atoms with E-state index in [1.807, 2.05) is 42.5 Å². The number of fused-ring (bicyclic) bond motifs is 1. The molecule has 0 bridgehead atoms. The normalized spacial score (nSPS) is 11.9.